The van der Waals surface area contributed by atoms with Crippen molar-refractivity contribution >= 4 is 33.3 Å². The van der Waals surface area contributed by atoms with Crippen LogP contribution >= 0.6 is 23.1 Å². The summed E-state index contributed by atoms with van der Waals surface area (Å²) in [7, 11) is 0. The fourth-order valence-corrected chi connectivity index (χ4v) is 5.65. The molecular formula is C19H20N6O2S2. The second kappa shape index (κ2) is 7.75. The standard InChI is InChI=1S/C19H20N6O2S2/c1-11(29-19-22-23-24-25(19)12-6-3-2-4-7-12)16-20-17(26)15-13(10-28-18(15)21-16)14-8-5-9-27-14/h5,8-12H,2-4,6-7H2,1H3,(H,20,21,26). The molecule has 29 heavy (non-hydrogen) atoms. The maximum Gasteiger partial charge on any atom is 0.260 e. The van der Waals surface area contributed by atoms with Gasteiger partial charge in [0.1, 0.15) is 16.4 Å². The molecule has 5 rings (SSSR count). The van der Waals surface area contributed by atoms with Crippen molar-refractivity contribution in [2.45, 2.75) is 55.5 Å². The van der Waals surface area contributed by atoms with E-state index in [1.807, 2.05) is 29.1 Å². The van der Waals surface area contributed by atoms with Crippen molar-refractivity contribution in [3.8, 4) is 11.3 Å². The summed E-state index contributed by atoms with van der Waals surface area (Å²) >= 11 is 2.97. The van der Waals surface area contributed by atoms with Gasteiger partial charge in [0, 0.05) is 10.9 Å². The van der Waals surface area contributed by atoms with Gasteiger partial charge in [-0.2, -0.15) is 0 Å². The maximum absolute atomic E-state index is 12.8. The monoisotopic (exact) mass is 428 g/mol. The van der Waals surface area contributed by atoms with Crippen molar-refractivity contribution in [2.24, 2.45) is 0 Å². The summed E-state index contributed by atoms with van der Waals surface area (Å²) in [4.78, 5) is 21.2. The Bertz CT molecular complexity index is 1170. The lowest BCUT2D eigenvalue weighted by molar-refractivity contribution is 0.307. The fraction of sp³-hybridized carbons (Fsp3) is 0.421. The average molecular weight is 429 g/mol. The number of nitrogens with one attached hydrogen (secondary N) is 1. The Kier molecular flexibility index (Phi) is 4.96. The van der Waals surface area contributed by atoms with Crippen LogP contribution in [0.15, 0.2) is 38.1 Å². The molecule has 1 aliphatic rings. The second-order valence-electron chi connectivity index (χ2n) is 7.22. The molecule has 4 aromatic heterocycles. The number of tetrazole rings is 1. The van der Waals surface area contributed by atoms with E-state index < -0.39 is 0 Å². The minimum Gasteiger partial charge on any atom is -0.464 e. The Balaban J connectivity index is 1.43. The second-order valence-corrected chi connectivity index (χ2v) is 9.38. The van der Waals surface area contributed by atoms with Gasteiger partial charge in [0.15, 0.2) is 0 Å². The molecule has 8 nitrogen and oxygen atoms in total. The number of hydrogen-bond acceptors (Lipinski definition) is 8. The molecule has 1 atom stereocenters. The van der Waals surface area contributed by atoms with Crippen LogP contribution in [0.2, 0.25) is 0 Å². The molecule has 1 N–H and O–H groups in total. The predicted octanol–water partition coefficient (Wildman–Crippen LogP) is 4.59. The van der Waals surface area contributed by atoms with Crippen LogP contribution in [-0.4, -0.2) is 30.2 Å². The minimum atomic E-state index is -0.156. The third-order valence-corrected chi connectivity index (χ3v) is 7.23. The number of nitrogens with zero attached hydrogens (tertiary/aromatic N) is 5. The van der Waals surface area contributed by atoms with Crippen molar-refractivity contribution in [1.82, 2.24) is 30.2 Å². The highest BCUT2D eigenvalue weighted by Gasteiger charge is 2.23. The third kappa shape index (κ3) is 3.51. The number of fused-ring (bicyclic) bond motifs is 1. The first-order valence-corrected chi connectivity index (χ1v) is 11.5. The number of rotatable bonds is 5. The van der Waals surface area contributed by atoms with E-state index in [0.29, 0.717) is 27.8 Å². The summed E-state index contributed by atoms with van der Waals surface area (Å²) in [5.41, 5.74) is 0.619. The summed E-state index contributed by atoms with van der Waals surface area (Å²) in [5.74, 6) is 1.30. The number of thioether (sulfide) groups is 1. The van der Waals surface area contributed by atoms with Crippen molar-refractivity contribution in [3.63, 3.8) is 0 Å². The van der Waals surface area contributed by atoms with Crippen molar-refractivity contribution < 1.29 is 4.42 Å². The van der Waals surface area contributed by atoms with E-state index in [2.05, 4.69) is 20.5 Å². The average Bonchev–Trinajstić information content (AvgIpc) is 3.48. The first-order valence-electron chi connectivity index (χ1n) is 9.70. The SMILES string of the molecule is CC(Sc1nnnn1C1CCCCC1)c1nc2scc(-c3ccco3)c2c(=O)[nH]1. The molecule has 10 heteroatoms. The summed E-state index contributed by atoms with van der Waals surface area (Å²) in [6, 6.07) is 4.01. The molecule has 4 aromatic rings. The normalized spacial score (nSPS) is 16.4. The number of furan rings is 1. The Morgan fingerprint density at radius 2 is 2.21 bits per heavy atom. The van der Waals surface area contributed by atoms with Gasteiger partial charge in [0.05, 0.1) is 22.9 Å². The highest BCUT2D eigenvalue weighted by molar-refractivity contribution is 7.99. The van der Waals surface area contributed by atoms with Crippen molar-refractivity contribution in [3.05, 3.63) is 40.0 Å². The van der Waals surface area contributed by atoms with Crippen LogP contribution in [0, 0.1) is 0 Å². The van der Waals surface area contributed by atoms with E-state index in [0.717, 1.165) is 23.6 Å². The Hall–Kier alpha value is -2.46. The zero-order valence-corrected chi connectivity index (χ0v) is 17.5. The molecule has 150 valence electrons. The van der Waals surface area contributed by atoms with Gasteiger partial charge in [-0.05, 0) is 42.3 Å². The smallest absolute Gasteiger partial charge is 0.260 e. The van der Waals surface area contributed by atoms with Gasteiger partial charge in [0.2, 0.25) is 5.16 Å². The summed E-state index contributed by atoms with van der Waals surface area (Å²) in [5, 5.41) is 15.5. The molecule has 0 radical (unpaired) electrons. The van der Waals surface area contributed by atoms with Crippen LogP contribution in [0.5, 0.6) is 0 Å². The molecular weight excluding hydrogens is 408 g/mol. The quantitative estimate of drug-likeness (QED) is 0.464. The number of thiophene rings is 1. The van der Waals surface area contributed by atoms with Crippen LogP contribution in [0.1, 0.15) is 56.1 Å². The van der Waals surface area contributed by atoms with Gasteiger partial charge in [-0.25, -0.2) is 9.67 Å². The van der Waals surface area contributed by atoms with Gasteiger partial charge >= 0.3 is 0 Å². The van der Waals surface area contributed by atoms with Crippen LogP contribution in [0.25, 0.3) is 21.5 Å². The molecule has 0 amide bonds. The lowest BCUT2D eigenvalue weighted by Gasteiger charge is -2.22. The van der Waals surface area contributed by atoms with Crippen LogP contribution < -0.4 is 5.56 Å². The number of aromatic amines is 1. The Morgan fingerprint density at radius 3 is 3.00 bits per heavy atom. The summed E-state index contributed by atoms with van der Waals surface area (Å²) < 4.78 is 7.40. The van der Waals surface area contributed by atoms with Gasteiger partial charge < -0.3 is 9.40 Å². The molecule has 0 saturated heterocycles. The van der Waals surface area contributed by atoms with Crippen molar-refractivity contribution in [1.29, 1.82) is 0 Å². The van der Waals surface area contributed by atoms with E-state index in [4.69, 9.17) is 9.40 Å². The van der Waals surface area contributed by atoms with Gasteiger partial charge in [-0.1, -0.05) is 31.0 Å². The zero-order chi connectivity index (χ0) is 19.8. The molecule has 0 aliphatic heterocycles. The first kappa shape index (κ1) is 18.6. The summed E-state index contributed by atoms with van der Waals surface area (Å²) in [6.45, 7) is 2.01. The van der Waals surface area contributed by atoms with Gasteiger partial charge in [-0.3, -0.25) is 4.79 Å². The molecule has 1 fully saturated rings. The maximum atomic E-state index is 12.8. The fourth-order valence-electron chi connectivity index (χ4n) is 3.80. The number of H-pyrrole nitrogens is 1. The molecule has 0 aromatic carbocycles. The first-order chi connectivity index (χ1) is 14.2. The van der Waals surface area contributed by atoms with Crippen LogP contribution in [-0.2, 0) is 0 Å². The van der Waals surface area contributed by atoms with E-state index >= 15 is 0 Å². The molecule has 1 unspecified atom stereocenters. The van der Waals surface area contributed by atoms with E-state index in [9.17, 15) is 4.79 Å². The van der Waals surface area contributed by atoms with Crippen molar-refractivity contribution in [2.75, 3.05) is 0 Å². The highest BCUT2D eigenvalue weighted by atomic mass is 32.2. The van der Waals surface area contributed by atoms with E-state index in [-0.39, 0.29) is 10.8 Å². The minimum absolute atomic E-state index is 0.0883. The van der Waals surface area contributed by atoms with Gasteiger partial charge in [-0.15, -0.1) is 16.4 Å². The Labute approximate surface area is 174 Å². The largest absolute Gasteiger partial charge is 0.464 e. The molecule has 4 heterocycles. The van der Waals surface area contributed by atoms with Crippen LogP contribution in [0.4, 0.5) is 0 Å². The molecule has 1 aliphatic carbocycles. The van der Waals surface area contributed by atoms with Gasteiger partial charge in [0.25, 0.3) is 5.56 Å². The number of hydrogen-bond donors (Lipinski definition) is 1. The van der Waals surface area contributed by atoms with Crippen LogP contribution in [0.3, 0.4) is 0 Å². The molecule has 0 spiro atoms. The predicted molar refractivity (Wildman–Crippen MR) is 112 cm³/mol. The highest BCUT2D eigenvalue weighted by Crippen LogP contribution is 2.37. The lowest BCUT2D eigenvalue weighted by atomic mass is 9.96. The van der Waals surface area contributed by atoms with E-state index in [1.54, 1.807) is 6.26 Å². The number of aromatic nitrogens is 6. The summed E-state index contributed by atoms with van der Waals surface area (Å²) in [6.07, 6.45) is 7.53. The molecule has 1 saturated carbocycles. The van der Waals surface area contributed by atoms with E-state index in [1.165, 1.54) is 42.4 Å². The topological polar surface area (TPSA) is 102 Å². The lowest BCUT2D eigenvalue weighted by Crippen LogP contribution is -2.16. The Morgan fingerprint density at radius 1 is 1.34 bits per heavy atom. The molecule has 0 bridgehead atoms. The third-order valence-electron chi connectivity index (χ3n) is 5.30. The zero-order valence-electron chi connectivity index (χ0n) is 15.9.